The molecule has 0 radical (unpaired) electrons. The number of benzene rings is 1. The second-order valence-electron chi connectivity index (χ2n) is 2.76. The molecule has 0 amide bonds. The lowest BCUT2D eigenvalue weighted by atomic mass is 10.1. The molecule has 5 heteroatoms. The van der Waals surface area contributed by atoms with Crippen molar-refractivity contribution in [2.24, 2.45) is 0 Å². The highest BCUT2D eigenvalue weighted by Crippen LogP contribution is 2.22. The predicted molar refractivity (Wildman–Crippen MR) is 56.3 cm³/mol. The molecule has 0 saturated carbocycles. The first-order valence-electron chi connectivity index (χ1n) is 4.07. The molecule has 0 N–H and O–H groups in total. The average molecular weight is 260 g/mol. The van der Waals surface area contributed by atoms with Gasteiger partial charge in [0.15, 0.2) is 0 Å². The molecule has 0 aromatic heterocycles. The minimum atomic E-state index is -0.327. The Hall–Kier alpha value is -1.10. The van der Waals surface area contributed by atoms with E-state index in [9.17, 15) is 10.1 Å². The summed E-state index contributed by atoms with van der Waals surface area (Å²) in [7, 11) is 1.57. The van der Waals surface area contributed by atoms with Gasteiger partial charge in [0.2, 0.25) is 6.54 Å². The molecule has 4 nitrogen and oxygen atoms in total. The van der Waals surface area contributed by atoms with Crippen molar-refractivity contribution in [3.63, 3.8) is 0 Å². The smallest absolute Gasteiger partial charge is 0.207 e. The Balaban J connectivity index is 2.78. The van der Waals surface area contributed by atoms with E-state index in [1.165, 1.54) is 0 Å². The molecule has 0 aliphatic carbocycles. The first-order valence-corrected chi connectivity index (χ1v) is 4.87. The van der Waals surface area contributed by atoms with Crippen LogP contribution in [0.2, 0.25) is 0 Å². The molecule has 1 aromatic carbocycles. The number of nitrogens with zero attached hydrogens (tertiary/aromatic N) is 1. The van der Waals surface area contributed by atoms with Crippen molar-refractivity contribution in [2.75, 3.05) is 13.7 Å². The van der Waals surface area contributed by atoms with Gasteiger partial charge in [-0.25, -0.2) is 0 Å². The third-order valence-electron chi connectivity index (χ3n) is 1.82. The van der Waals surface area contributed by atoms with Crippen molar-refractivity contribution in [3.05, 3.63) is 38.3 Å². The van der Waals surface area contributed by atoms with Gasteiger partial charge in [-0.15, -0.1) is 0 Å². The lowest BCUT2D eigenvalue weighted by molar-refractivity contribution is -0.479. The fourth-order valence-electron chi connectivity index (χ4n) is 1.08. The van der Waals surface area contributed by atoms with Crippen LogP contribution in [0.25, 0.3) is 0 Å². The van der Waals surface area contributed by atoms with Gasteiger partial charge in [-0.3, -0.25) is 10.1 Å². The molecule has 0 unspecified atom stereocenters. The van der Waals surface area contributed by atoms with Gasteiger partial charge < -0.3 is 4.74 Å². The monoisotopic (exact) mass is 259 g/mol. The van der Waals surface area contributed by atoms with Crippen molar-refractivity contribution in [1.29, 1.82) is 0 Å². The van der Waals surface area contributed by atoms with Crippen molar-refractivity contribution in [3.8, 4) is 5.75 Å². The third kappa shape index (κ3) is 2.99. The van der Waals surface area contributed by atoms with Crippen LogP contribution >= 0.6 is 15.9 Å². The normalized spacial score (nSPS) is 9.86. The quantitative estimate of drug-likeness (QED) is 0.616. The highest BCUT2D eigenvalue weighted by atomic mass is 79.9. The van der Waals surface area contributed by atoms with E-state index in [1.54, 1.807) is 19.2 Å². The maximum atomic E-state index is 10.2. The van der Waals surface area contributed by atoms with E-state index in [2.05, 4.69) is 15.9 Å². The number of hydrogen-bond acceptors (Lipinski definition) is 3. The van der Waals surface area contributed by atoms with Crippen LogP contribution in [0.1, 0.15) is 5.56 Å². The summed E-state index contributed by atoms with van der Waals surface area (Å²) in [4.78, 5) is 9.87. The standard InChI is InChI=1S/C9H10BrNO3/c1-14-8-2-3-9(10)7(6-8)4-5-11(12)13/h2-3,6H,4-5H2,1H3. The fourth-order valence-corrected chi connectivity index (χ4v) is 1.53. The summed E-state index contributed by atoms with van der Waals surface area (Å²) >= 11 is 3.33. The van der Waals surface area contributed by atoms with E-state index in [4.69, 9.17) is 4.74 Å². The minimum Gasteiger partial charge on any atom is -0.497 e. The van der Waals surface area contributed by atoms with Crippen LogP contribution in [0.3, 0.4) is 0 Å². The van der Waals surface area contributed by atoms with Gasteiger partial charge in [0.1, 0.15) is 5.75 Å². The maximum Gasteiger partial charge on any atom is 0.207 e. The molecule has 14 heavy (non-hydrogen) atoms. The summed E-state index contributed by atoms with van der Waals surface area (Å²) in [6, 6.07) is 5.43. The summed E-state index contributed by atoms with van der Waals surface area (Å²) in [5.74, 6) is 0.714. The molecule has 0 spiro atoms. The average Bonchev–Trinajstić information content (AvgIpc) is 2.16. The van der Waals surface area contributed by atoms with Crippen LogP contribution < -0.4 is 4.74 Å². The zero-order valence-electron chi connectivity index (χ0n) is 7.70. The molecule has 0 aliphatic rings. The van der Waals surface area contributed by atoms with Crippen LogP contribution in [0, 0.1) is 10.1 Å². The molecule has 0 atom stereocenters. The number of rotatable bonds is 4. The second kappa shape index (κ2) is 4.95. The largest absolute Gasteiger partial charge is 0.497 e. The van der Waals surface area contributed by atoms with Gasteiger partial charge in [-0.2, -0.15) is 0 Å². The maximum absolute atomic E-state index is 10.2. The van der Waals surface area contributed by atoms with E-state index in [0.29, 0.717) is 12.2 Å². The molecule has 0 heterocycles. The Labute approximate surface area is 90.2 Å². The molecule has 1 rings (SSSR count). The molecule has 0 bridgehead atoms. The predicted octanol–water partition coefficient (Wildman–Crippen LogP) is 2.28. The van der Waals surface area contributed by atoms with Crippen LogP contribution in [-0.2, 0) is 6.42 Å². The Morgan fingerprint density at radius 2 is 2.29 bits per heavy atom. The first-order chi connectivity index (χ1) is 6.63. The van der Waals surface area contributed by atoms with Crippen molar-refractivity contribution in [1.82, 2.24) is 0 Å². The Morgan fingerprint density at radius 1 is 1.57 bits per heavy atom. The molecule has 76 valence electrons. The van der Waals surface area contributed by atoms with E-state index in [-0.39, 0.29) is 11.5 Å². The summed E-state index contributed by atoms with van der Waals surface area (Å²) < 4.78 is 5.90. The van der Waals surface area contributed by atoms with E-state index >= 15 is 0 Å². The molecular weight excluding hydrogens is 250 g/mol. The summed E-state index contributed by atoms with van der Waals surface area (Å²) in [5.41, 5.74) is 0.890. The van der Waals surface area contributed by atoms with Gasteiger partial charge >= 0.3 is 0 Å². The molecule has 0 fully saturated rings. The summed E-state index contributed by atoms with van der Waals surface area (Å²) in [5, 5.41) is 10.2. The van der Waals surface area contributed by atoms with Crippen LogP contribution in [0.4, 0.5) is 0 Å². The number of hydrogen-bond donors (Lipinski definition) is 0. The third-order valence-corrected chi connectivity index (χ3v) is 2.59. The van der Waals surface area contributed by atoms with E-state index < -0.39 is 0 Å². The minimum absolute atomic E-state index is 0.0637. The molecular formula is C9H10BrNO3. The summed E-state index contributed by atoms with van der Waals surface area (Å²) in [6.07, 6.45) is 0.408. The van der Waals surface area contributed by atoms with Gasteiger partial charge in [0.05, 0.1) is 7.11 Å². The van der Waals surface area contributed by atoms with Crippen molar-refractivity contribution >= 4 is 15.9 Å². The number of methoxy groups -OCH3 is 1. The second-order valence-corrected chi connectivity index (χ2v) is 3.62. The van der Waals surface area contributed by atoms with E-state index in [1.807, 2.05) is 6.07 Å². The van der Waals surface area contributed by atoms with Crippen molar-refractivity contribution in [2.45, 2.75) is 6.42 Å². The summed E-state index contributed by atoms with van der Waals surface area (Å²) in [6.45, 7) is -0.0637. The van der Waals surface area contributed by atoms with Crippen molar-refractivity contribution < 1.29 is 9.66 Å². The lowest BCUT2D eigenvalue weighted by Gasteiger charge is -2.04. The molecule has 0 saturated heterocycles. The van der Waals surface area contributed by atoms with Gasteiger partial charge in [0, 0.05) is 15.8 Å². The fraction of sp³-hybridized carbons (Fsp3) is 0.333. The zero-order chi connectivity index (χ0) is 10.6. The van der Waals surface area contributed by atoms with Crippen LogP contribution in [0.15, 0.2) is 22.7 Å². The van der Waals surface area contributed by atoms with Gasteiger partial charge in [-0.1, -0.05) is 15.9 Å². The SMILES string of the molecule is COc1ccc(Br)c(CC[N+](=O)[O-])c1. The van der Waals surface area contributed by atoms with Crippen LogP contribution in [-0.4, -0.2) is 18.6 Å². The van der Waals surface area contributed by atoms with E-state index in [0.717, 1.165) is 10.0 Å². The number of halogens is 1. The first kappa shape index (κ1) is 11.0. The molecule has 1 aromatic rings. The Bertz CT molecular complexity index is 341. The highest BCUT2D eigenvalue weighted by Gasteiger charge is 2.05. The zero-order valence-corrected chi connectivity index (χ0v) is 9.28. The Morgan fingerprint density at radius 3 is 2.86 bits per heavy atom. The molecule has 0 aliphatic heterocycles. The topological polar surface area (TPSA) is 52.4 Å². The lowest BCUT2D eigenvalue weighted by Crippen LogP contribution is -2.04. The Kier molecular flexibility index (Phi) is 3.88. The van der Waals surface area contributed by atoms with Gasteiger partial charge in [-0.05, 0) is 23.8 Å². The highest BCUT2D eigenvalue weighted by molar-refractivity contribution is 9.10. The number of nitro groups is 1. The number of ether oxygens (including phenoxy) is 1. The van der Waals surface area contributed by atoms with Crippen LogP contribution in [0.5, 0.6) is 5.75 Å². The van der Waals surface area contributed by atoms with Gasteiger partial charge in [0.25, 0.3) is 0 Å².